The van der Waals surface area contributed by atoms with Crippen molar-refractivity contribution in [2.45, 2.75) is 31.6 Å². The fourth-order valence-corrected chi connectivity index (χ4v) is 4.10. The summed E-state index contributed by atoms with van der Waals surface area (Å²) in [6, 6.07) is 1.75. The molecule has 0 atom stereocenters. The summed E-state index contributed by atoms with van der Waals surface area (Å²) in [6.45, 7) is 0.935. The SMILES string of the molecule is CNC(=O)C1=C(F)C=C(N2CCCc3cc(C(=O)N4CCC(F)(F)CC4)cnc32)CN1. The molecule has 2 N–H and O–H groups in total. The van der Waals surface area contributed by atoms with Crippen LogP contribution in [-0.2, 0) is 11.2 Å². The van der Waals surface area contributed by atoms with Crippen LogP contribution in [0.1, 0.15) is 35.2 Å². The first-order valence-electron chi connectivity index (χ1n) is 10.3. The predicted octanol–water partition coefficient (Wildman–Crippen LogP) is 2.12. The average Bonchev–Trinajstić information content (AvgIpc) is 2.77. The minimum absolute atomic E-state index is 0.0207. The Morgan fingerprint density at radius 3 is 2.65 bits per heavy atom. The van der Waals surface area contributed by atoms with Crippen molar-refractivity contribution in [1.82, 2.24) is 20.5 Å². The molecule has 7 nitrogen and oxygen atoms in total. The van der Waals surface area contributed by atoms with Crippen molar-refractivity contribution in [2.75, 3.05) is 38.1 Å². The molecule has 4 heterocycles. The molecule has 166 valence electrons. The highest BCUT2D eigenvalue weighted by Gasteiger charge is 2.36. The maximum atomic E-state index is 14.4. The fourth-order valence-electron chi connectivity index (χ4n) is 4.10. The van der Waals surface area contributed by atoms with Gasteiger partial charge in [-0.15, -0.1) is 0 Å². The van der Waals surface area contributed by atoms with Gasteiger partial charge >= 0.3 is 0 Å². The Hall–Kier alpha value is -3.04. The molecule has 0 radical (unpaired) electrons. The topological polar surface area (TPSA) is 77.6 Å². The molecule has 0 aromatic carbocycles. The number of likely N-dealkylation sites (tertiary alicyclic amines) is 1. The second kappa shape index (κ2) is 8.24. The first kappa shape index (κ1) is 21.2. The number of fused-ring (bicyclic) bond motifs is 1. The highest BCUT2D eigenvalue weighted by Crippen LogP contribution is 2.32. The lowest BCUT2D eigenvalue weighted by Crippen LogP contribution is -2.43. The van der Waals surface area contributed by atoms with E-state index < -0.39 is 17.7 Å². The second-order valence-corrected chi connectivity index (χ2v) is 7.90. The van der Waals surface area contributed by atoms with E-state index in [1.165, 1.54) is 24.2 Å². The zero-order chi connectivity index (χ0) is 22.2. The molecule has 31 heavy (non-hydrogen) atoms. The van der Waals surface area contributed by atoms with Crippen molar-refractivity contribution in [3.8, 4) is 0 Å². The van der Waals surface area contributed by atoms with Crippen LogP contribution < -0.4 is 15.5 Å². The number of hydrogen-bond donors (Lipinski definition) is 2. The number of nitrogens with one attached hydrogen (secondary N) is 2. The average molecular weight is 435 g/mol. The molecule has 10 heteroatoms. The molecule has 0 aliphatic carbocycles. The number of dihydropyridines is 1. The van der Waals surface area contributed by atoms with Crippen LogP contribution in [0, 0.1) is 0 Å². The minimum Gasteiger partial charge on any atom is -0.373 e. The Bertz CT molecular complexity index is 966. The summed E-state index contributed by atoms with van der Waals surface area (Å²) in [4.78, 5) is 32.3. The molecule has 3 aliphatic heterocycles. The van der Waals surface area contributed by atoms with E-state index in [9.17, 15) is 22.8 Å². The number of piperidine rings is 1. The van der Waals surface area contributed by atoms with Crippen molar-refractivity contribution in [2.24, 2.45) is 0 Å². The zero-order valence-corrected chi connectivity index (χ0v) is 17.2. The van der Waals surface area contributed by atoms with Crippen molar-refractivity contribution >= 4 is 17.6 Å². The van der Waals surface area contributed by atoms with Crippen LogP contribution in [0.2, 0.25) is 0 Å². The summed E-state index contributed by atoms with van der Waals surface area (Å²) < 4.78 is 41.2. The van der Waals surface area contributed by atoms with Crippen LogP contribution in [0.15, 0.2) is 35.6 Å². The number of nitrogens with zero attached hydrogens (tertiary/aromatic N) is 3. The van der Waals surface area contributed by atoms with E-state index in [2.05, 4.69) is 15.6 Å². The summed E-state index contributed by atoms with van der Waals surface area (Å²) in [7, 11) is 1.43. The van der Waals surface area contributed by atoms with Gasteiger partial charge in [0.05, 0.1) is 12.1 Å². The lowest BCUT2D eigenvalue weighted by Gasteiger charge is -2.34. The number of carbonyl (C=O) groups is 2. The molecule has 1 fully saturated rings. The van der Waals surface area contributed by atoms with E-state index in [1.807, 2.05) is 4.90 Å². The van der Waals surface area contributed by atoms with Crippen LogP contribution in [0.4, 0.5) is 19.0 Å². The summed E-state index contributed by atoms with van der Waals surface area (Å²) in [5.74, 6) is -3.55. The maximum Gasteiger partial charge on any atom is 0.270 e. The first-order chi connectivity index (χ1) is 14.8. The number of likely N-dealkylation sites (N-methyl/N-ethyl adjacent to an activating group) is 1. The number of aromatic nitrogens is 1. The number of aryl methyl sites for hydroxylation is 1. The number of pyridine rings is 1. The lowest BCUT2D eigenvalue weighted by molar-refractivity contribution is -0.117. The van der Waals surface area contributed by atoms with E-state index in [4.69, 9.17) is 0 Å². The highest BCUT2D eigenvalue weighted by molar-refractivity contribution is 5.95. The van der Waals surface area contributed by atoms with Gasteiger partial charge in [0.2, 0.25) is 0 Å². The molecule has 0 saturated carbocycles. The molecule has 0 unspecified atom stereocenters. The molecule has 1 saturated heterocycles. The quantitative estimate of drug-likeness (QED) is 0.761. The van der Waals surface area contributed by atoms with Crippen molar-refractivity contribution in [3.63, 3.8) is 0 Å². The van der Waals surface area contributed by atoms with E-state index in [0.29, 0.717) is 30.0 Å². The van der Waals surface area contributed by atoms with Crippen molar-refractivity contribution in [1.29, 1.82) is 0 Å². The second-order valence-electron chi connectivity index (χ2n) is 7.90. The van der Waals surface area contributed by atoms with Crippen LogP contribution in [0.5, 0.6) is 0 Å². The Morgan fingerprint density at radius 1 is 1.23 bits per heavy atom. The highest BCUT2D eigenvalue weighted by atomic mass is 19.3. The first-order valence-corrected chi connectivity index (χ1v) is 10.3. The fraction of sp³-hybridized carbons (Fsp3) is 0.476. The largest absolute Gasteiger partial charge is 0.373 e. The normalized spacial score (nSPS) is 20.6. The van der Waals surface area contributed by atoms with Crippen LogP contribution >= 0.6 is 0 Å². The Balaban J connectivity index is 1.55. The minimum atomic E-state index is -2.71. The van der Waals surface area contributed by atoms with Gasteiger partial charge in [-0.05, 0) is 30.5 Å². The summed E-state index contributed by atoms with van der Waals surface area (Å²) in [6.07, 6.45) is 3.61. The third kappa shape index (κ3) is 4.24. The van der Waals surface area contributed by atoms with E-state index in [-0.39, 0.29) is 44.1 Å². The van der Waals surface area contributed by atoms with Crippen molar-refractivity contribution < 1.29 is 22.8 Å². The molecular weight excluding hydrogens is 411 g/mol. The zero-order valence-electron chi connectivity index (χ0n) is 17.2. The predicted molar refractivity (Wildman–Crippen MR) is 108 cm³/mol. The van der Waals surface area contributed by atoms with Gasteiger partial charge in [-0.3, -0.25) is 9.59 Å². The van der Waals surface area contributed by atoms with Gasteiger partial charge in [-0.2, -0.15) is 0 Å². The van der Waals surface area contributed by atoms with E-state index in [1.54, 1.807) is 6.07 Å². The van der Waals surface area contributed by atoms with Crippen LogP contribution in [0.3, 0.4) is 0 Å². The van der Waals surface area contributed by atoms with Crippen LogP contribution in [-0.4, -0.2) is 60.8 Å². The summed E-state index contributed by atoms with van der Waals surface area (Å²) in [5.41, 5.74) is 1.75. The van der Waals surface area contributed by atoms with Gasteiger partial charge < -0.3 is 20.4 Å². The molecule has 4 rings (SSSR count). The molecule has 1 aromatic heterocycles. The number of anilines is 1. The van der Waals surface area contributed by atoms with Crippen molar-refractivity contribution in [3.05, 3.63) is 46.7 Å². The summed E-state index contributed by atoms with van der Waals surface area (Å²) in [5, 5.41) is 5.20. The lowest BCUT2D eigenvalue weighted by atomic mass is 10.0. The Labute approximate surface area is 178 Å². The monoisotopic (exact) mass is 435 g/mol. The third-order valence-electron chi connectivity index (χ3n) is 5.83. The van der Waals surface area contributed by atoms with E-state index >= 15 is 0 Å². The van der Waals surface area contributed by atoms with Gasteiger partial charge in [0.1, 0.15) is 11.5 Å². The Kier molecular flexibility index (Phi) is 5.63. The van der Waals surface area contributed by atoms with Gasteiger partial charge in [-0.1, -0.05) is 0 Å². The number of alkyl halides is 2. The number of rotatable bonds is 3. The molecule has 2 amide bonds. The summed E-state index contributed by atoms with van der Waals surface area (Å²) >= 11 is 0. The number of hydrogen-bond acceptors (Lipinski definition) is 5. The smallest absolute Gasteiger partial charge is 0.270 e. The molecule has 3 aliphatic rings. The number of carbonyl (C=O) groups excluding carboxylic acids is 2. The third-order valence-corrected chi connectivity index (χ3v) is 5.83. The number of amides is 2. The molecule has 0 bridgehead atoms. The number of halogens is 3. The standard InChI is InChI=1S/C21H24F3N5O2/c1-25-19(30)17-16(22)10-15(12-26-17)29-6-2-3-13-9-14(11-27-18(13)29)20(31)28-7-4-21(23,24)5-8-28/h9-11,26H,2-8,12H2,1H3,(H,25,30). The molecular formula is C21H24F3N5O2. The van der Waals surface area contributed by atoms with Gasteiger partial charge in [0, 0.05) is 51.4 Å². The molecule has 0 spiro atoms. The Morgan fingerprint density at radius 2 is 1.97 bits per heavy atom. The number of allylic oxidation sites excluding steroid dienone is 2. The maximum absolute atomic E-state index is 14.4. The van der Waals surface area contributed by atoms with E-state index in [0.717, 1.165) is 12.0 Å². The molecule has 1 aromatic rings. The van der Waals surface area contributed by atoms with Gasteiger partial charge in [-0.25, -0.2) is 18.2 Å². The van der Waals surface area contributed by atoms with Gasteiger partial charge in [0.25, 0.3) is 17.7 Å². The van der Waals surface area contributed by atoms with Crippen LogP contribution in [0.25, 0.3) is 0 Å². The van der Waals surface area contributed by atoms with Gasteiger partial charge in [0.15, 0.2) is 5.83 Å².